The zero-order chi connectivity index (χ0) is 20.7. The number of ether oxygens (including phenoxy) is 1. The maximum atomic E-state index is 12.1. The van der Waals surface area contributed by atoms with Crippen LogP contribution in [0.3, 0.4) is 0 Å². The van der Waals surface area contributed by atoms with Gasteiger partial charge in [0.2, 0.25) is 0 Å². The molecule has 0 aliphatic carbocycles. The summed E-state index contributed by atoms with van der Waals surface area (Å²) in [6, 6.07) is 11.5. The van der Waals surface area contributed by atoms with E-state index in [1.165, 1.54) is 18.2 Å². The normalized spacial score (nSPS) is 9.93. The summed E-state index contributed by atoms with van der Waals surface area (Å²) in [6.07, 6.45) is 0. The van der Waals surface area contributed by atoms with E-state index in [-0.39, 0.29) is 17.8 Å². The Bertz CT molecular complexity index is 966. The minimum absolute atomic E-state index is 0.221. The molecule has 0 aliphatic heterocycles. The van der Waals surface area contributed by atoms with Crippen LogP contribution < -0.4 is 10.6 Å². The number of benzene rings is 2. The molecule has 0 unspecified atom stereocenters. The summed E-state index contributed by atoms with van der Waals surface area (Å²) in [5.41, 5.74) is 2.90. The van der Waals surface area contributed by atoms with Crippen molar-refractivity contribution in [2.45, 2.75) is 13.8 Å². The van der Waals surface area contributed by atoms with Gasteiger partial charge in [0.05, 0.1) is 11.3 Å². The van der Waals surface area contributed by atoms with Crippen molar-refractivity contribution in [2.75, 3.05) is 18.5 Å². The summed E-state index contributed by atoms with van der Waals surface area (Å²) in [4.78, 5) is 35.7. The molecule has 0 saturated heterocycles. The number of hydrogen-bond acceptors (Lipinski definition) is 5. The molecule has 2 rings (SSSR count). The summed E-state index contributed by atoms with van der Waals surface area (Å²) in [5, 5.41) is 14.3. The van der Waals surface area contributed by atoms with Gasteiger partial charge in [-0.2, -0.15) is 5.26 Å². The highest BCUT2D eigenvalue weighted by Gasteiger charge is 2.13. The number of rotatable bonds is 6. The van der Waals surface area contributed by atoms with Gasteiger partial charge in [0.1, 0.15) is 12.6 Å². The molecule has 144 valence electrons. The van der Waals surface area contributed by atoms with Crippen LogP contribution in [-0.4, -0.2) is 30.9 Å². The number of nitrogens with zero attached hydrogens (tertiary/aromatic N) is 1. The summed E-state index contributed by atoms with van der Waals surface area (Å²) in [6.45, 7) is 2.88. The first-order chi connectivity index (χ1) is 13.3. The van der Waals surface area contributed by atoms with Crippen molar-refractivity contribution in [3.05, 3.63) is 63.7 Å². The van der Waals surface area contributed by atoms with Gasteiger partial charge in [-0.05, 0) is 55.3 Å². The van der Waals surface area contributed by atoms with Crippen molar-refractivity contribution in [2.24, 2.45) is 0 Å². The minimum atomic E-state index is -0.765. The predicted octanol–water partition coefficient (Wildman–Crippen LogP) is 2.74. The van der Waals surface area contributed by atoms with Crippen LogP contribution in [0, 0.1) is 25.2 Å². The molecular weight excluding hydrogens is 382 g/mol. The zero-order valence-electron chi connectivity index (χ0n) is 15.3. The highest BCUT2D eigenvalue weighted by molar-refractivity contribution is 6.31. The minimum Gasteiger partial charge on any atom is -0.454 e. The molecule has 0 bridgehead atoms. The van der Waals surface area contributed by atoms with Gasteiger partial charge in [-0.3, -0.25) is 14.4 Å². The number of nitrogens with one attached hydrogen (secondary N) is 2. The summed E-state index contributed by atoms with van der Waals surface area (Å²) >= 11 is 5.84. The van der Waals surface area contributed by atoms with Crippen LogP contribution >= 0.6 is 11.6 Å². The van der Waals surface area contributed by atoms with Crippen molar-refractivity contribution in [3.8, 4) is 6.07 Å². The predicted molar refractivity (Wildman–Crippen MR) is 104 cm³/mol. The molecule has 7 nitrogen and oxygen atoms in total. The molecule has 0 aliphatic rings. The maximum absolute atomic E-state index is 12.1. The quantitative estimate of drug-likeness (QED) is 0.726. The Morgan fingerprint density at radius 2 is 1.86 bits per heavy atom. The zero-order valence-corrected chi connectivity index (χ0v) is 16.1. The van der Waals surface area contributed by atoms with Gasteiger partial charge in [-0.1, -0.05) is 17.7 Å². The molecule has 0 saturated carbocycles. The van der Waals surface area contributed by atoms with Gasteiger partial charge in [-0.15, -0.1) is 0 Å². The lowest BCUT2D eigenvalue weighted by atomic mass is 10.1. The fourth-order valence-electron chi connectivity index (χ4n) is 2.24. The van der Waals surface area contributed by atoms with Crippen molar-refractivity contribution in [1.82, 2.24) is 5.32 Å². The van der Waals surface area contributed by atoms with E-state index in [1.807, 2.05) is 26.0 Å². The Labute approximate surface area is 167 Å². The second-order valence-corrected chi connectivity index (χ2v) is 6.43. The second kappa shape index (κ2) is 9.53. The van der Waals surface area contributed by atoms with Crippen LogP contribution in [0.25, 0.3) is 0 Å². The highest BCUT2D eigenvalue weighted by Crippen LogP contribution is 2.20. The average Bonchev–Trinajstić information content (AvgIpc) is 2.66. The molecule has 0 fully saturated rings. The molecule has 2 aromatic carbocycles. The van der Waals surface area contributed by atoms with E-state index in [4.69, 9.17) is 21.6 Å². The molecule has 2 aromatic rings. The lowest BCUT2D eigenvalue weighted by molar-refractivity contribution is -0.146. The molecule has 8 heteroatoms. The van der Waals surface area contributed by atoms with Crippen molar-refractivity contribution >= 4 is 35.1 Å². The largest absolute Gasteiger partial charge is 0.454 e. The standard InChI is InChI=1S/C20H18ClN3O4/c1-12-3-4-14(7-13(12)2)20(27)23-10-19(26)28-11-18(25)24-17-8-16(21)6-5-15(17)9-22/h3-8H,10-11H2,1-2H3,(H,23,27)(H,24,25). The lowest BCUT2D eigenvalue weighted by Crippen LogP contribution is -2.32. The van der Waals surface area contributed by atoms with Gasteiger partial charge in [-0.25, -0.2) is 0 Å². The first kappa shape index (κ1) is 20.9. The number of esters is 1. The Balaban J connectivity index is 1.81. The molecule has 0 atom stereocenters. The van der Waals surface area contributed by atoms with E-state index >= 15 is 0 Å². The monoisotopic (exact) mass is 399 g/mol. The van der Waals surface area contributed by atoms with Crippen molar-refractivity contribution < 1.29 is 19.1 Å². The molecule has 2 amide bonds. The van der Waals surface area contributed by atoms with Gasteiger partial charge >= 0.3 is 5.97 Å². The third-order valence-electron chi connectivity index (χ3n) is 3.90. The van der Waals surface area contributed by atoms with E-state index in [0.29, 0.717) is 10.6 Å². The third kappa shape index (κ3) is 5.83. The van der Waals surface area contributed by atoms with Crippen molar-refractivity contribution in [3.63, 3.8) is 0 Å². The second-order valence-electron chi connectivity index (χ2n) is 5.99. The number of anilines is 1. The summed E-state index contributed by atoms with van der Waals surface area (Å²) < 4.78 is 4.83. The Morgan fingerprint density at radius 1 is 1.11 bits per heavy atom. The number of hydrogen-bond donors (Lipinski definition) is 2. The van der Waals surface area contributed by atoms with Crippen LogP contribution in [0.15, 0.2) is 36.4 Å². The van der Waals surface area contributed by atoms with Gasteiger partial charge in [0.25, 0.3) is 11.8 Å². The van der Waals surface area contributed by atoms with Gasteiger partial charge in [0, 0.05) is 10.6 Å². The van der Waals surface area contributed by atoms with Crippen LogP contribution in [0.5, 0.6) is 0 Å². The smallest absolute Gasteiger partial charge is 0.325 e. The summed E-state index contributed by atoms with van der Waals surface area (Å²) in [7, 11) is 0. The van der Waals surface area contributed by atoms with Crippen LogP contribution in [0.4, 0.5) is 5.69 Å². The molecule has 2 N–H and O–H groups in total. The Kier molecular flexibility index (Phi) is 7.13. The molecule has 0 heterocycles. The summed E-state index contributed by atoms with van der Waals surface area (Å²) in [5.74, 6) is -1.81. The molecule has 0 radical (unpaired) electrons. The van der Waals surface area contributed by atoms with E-state index in [0.717, 1.165) is 11.1 Å². The van der Waals surface area contributed by atoms with Crippen LogP contribution in [0.2, 0.25) is 5.02 Å². The lowest BCUT2D eigenvalue weighted by Gasteiger charge is -2.09. The van der Waals surface area contributed by atoms with E-state index in [1.54, 1.807) is 12.1 Å². The molecule has 28 heavy (non-hydrogen) atoms. The Morgan fingerprint density at radius 3 is 2.54 bits per heavy atom. The number of halogens is 1. The topological polar surface area (TPSA) is 108 Å². The number of nitriles is 1. The number of amides is 2. The van der Waals surface area contributed by atoms with Gasteiger partial charge in [0.15, 0.2) is 6.61 Å². The Hall–Kier alpha value is -3.37. The number of carbonyl (C=O) groups is 3. The SMILES string of the molecule is Cc1ccc(C(=O)NCC(=O)OCC(=O)Nc2cc(Cl)ccc2C#N)cc1C. The van der Waals surface area contributed by atoms with Crippen molar-refractivity contribution in [1.29, 1.82) is 5.26 Å². The van der Waals surface area contributed by atoms with E-state index < -0.39 is 24.4 Å². The van der Waals surface area contributed by atoms with E-state index in [2.05, 4.69) is 10.6 Å². The average molecular weight is 400 g/mol. The fraction of sp³-hybridized carbons (Fsp3) is 0.200. The third-order valence-corrected chi connectivity index (χ3v) is 4.14. The maximum Gasteiger partial charge on any atom is 0.325 e. The highest BCUT2D eigenvalue weighted by atomic mass is 35.5. The first-order valence-corrected chi connectivity index (χ1v) is 8.68. The van der Waals surface area contributed by atoms with E-state index in [9.17, 15) is 14.4 Å². The molecule has 0 aromatic heterocycles. The van der Waals surface area contributed by atoms with Gasteiger partial charge < -0.3 is 15.4 Å². The first-order valence-electron chi connectivity index (χ1n) is 8.30. The number of aryl methyl sites for hydroxylation is 2. The number of carbonyl (C=O) groups excluding carboxylic acids is 3. The molecule has 0 spiro atoms. The van der Waals surface area contributed by atoms with Crippen LogP contribution in [0.1, 0.15) is 27.0 Å². The van der Waals surface area contributed by atoms with Crippen LogP contribution in [-0.2, 0) is 14.3 Å². The fourth-order valence-corrected chi connectivity index (χ4v) is 2.41. The molecular formula is C20H18ClN3O4.